The molecule has 2 aromatic rings. The van der Waals surface area contributed by atoms with E-state index >= 15 is 0 Å². The summed E-state index contributed by atoms with van der Waals surface area (Å²) >= 11 is 0. The zero-order valence-corrected chi connectivity index (χ0v) is 15.7. The molecule has 0 radical (unpaired) electrons. The van der Waals surface area contributed by atoms with Gasteiger partial charge in [0.1, 0.15) is 6.67 Å². The van der Waals surface area contributed by atoms with Gasteiger partial charge in [0.2, 0.25) is 0 Å². The van der Waals surface area contributed by atoms with Crippen molar-refractivity contribution in [2.45, 2.75) is 58.0 Å². The Morgan fingerprint density at radius 2 is 2.12 bits per heavy atom. The summed E-state index contributed by atoms with van der Waals surface area (Å²) in [5.74, 6) is 0. The molecule has 0 bridgehead atoms. The van der Waals surface area contributed by atoms with Crippen LogP contribution >= 0.6 is 0 Å². The first-order valence-electron chi connectivity index (χ1n) is 9.37. The lowest BCUT2D eigenvalue weighted by Gasteiger charge is -2.27. The fraction of sp³-hybridized carbons (Fsp3) is 0.571. The monoisotopic (exact) mass is 358 g/mol. The van der Waals surface area contributed by atoms with E-state index in [1.807, 2.05) is 39.0 Å². The molecular formula is C21H27FN2O2. The number of ether oxygens (including phenoxy) is 1. The minimum Gasteiger partial charge on any atom is -0.365 e. The number of hydrogen-bond acceptors (Lipinski definition) is 4. The third-order valence-electron chi connectivity index (χ3n) is 5.57. The zero-order valence-electron chi connectivity index (χ0n) is 15.7. The number of pyridine rings is 1. The van der Waals surface area contributed by atoms with E-state index in [0.717, 1.165) is 29.6 Å². The maximum absolute atomic E-state index is 13.6. The summed E-state index contributed by atoms with van der Waals surface area (Å²) in [5.41, 5.74) is 2.38. The second kappa shape index (κ2) is 6.17. The summed E-state index contributed by atoms with van der Waals surface area (Å²) in [4.78, 5) is 6.60. The van der Waals surface area contributed by atoms with Crippen molar-refractivity contribution in [3.8, 4) is 0 Å². The van der Waals surface area contributed by atoms with Crippen LogP contribution in [0.3, 0.4) is 0 Å². The molecule has 26 heavy (non-hydrogen) atoms. The van der Waals surface area contributed by atoms with Crippen molar-refractivity contribution in [3.63, 3.8) is 0 Å². The summed E-state index contributed by atoms with van der Waals surface area (Å²) in [6.45, 7) is 6.34. The topological polar surface area (TPSA) is 45.6 Å². The van der Waals surface area contributed by atoms with Gasteiger partial charge in [-0.05, 0) is 69.7 Å². The van der Waals surface area contributed by atoms with Gasteiger partial charge in [-0.25, -0.2) is 4.39 Å². The first kappa shape index (κ1) is 17.7. The van der Waals surface area contributed by atoms with Crippen molar-refractivity contribution in [1.29, 1.82) is 0 Å². The van der Waals surface area contributed by atoms with E-state index in [1.165, 1.54) is 12.8 Å². The molecule has 1 saturated heterocycles. The number of halogens is 1. The first-order valence-corrected chi connectivity index (χ1v) is 9.37. The molecule has 4 nitrogen and oxygen atoms in total. The van der Waals surface area contributed by atoms with E-state index in [-0.39, 0.29) is 12.7 Å². The number of aliphatic hydroxyl groups is 1. The minimum absolute atomic E-state index is 0.0502. The van der Waals surface area contributed by atoms with Crippen LogP contribution in [0.5, 0.6) is 0 Å². The fourth-order valence-electron chi connectivity index (χ4n) is 4.09. The highest BCUT2D eigenvalue weighted by Crippen LogP contribution is 2.55. The SMILES string of the molecule is CC(C)(C)OC(O)c1ccnc2ccc(N3CC4(CC4)C[C@@H]3CF)cc12. The van der Waals surface area contributed by atoms with Gasteiger partial charge in [-0.3, -0.25) is 4.98 Å². The molecule has 0 amide bonds. The smallest absolute Gasteiger partial charge is 0.182 e. The Balaban J connectivity index is 1.71. The highest BCUT2D eigenvalue weighted by molar-refractivity contribution is 5.86. The molecule has 1 unspecified atom stereocenters. The van der Waals surface area contributed by atoms with Crippen LogP contribution in [0.15, 0.2) is 30.5 Å². The lowest BCUT2D eigenvalue weighted by atomic mass is 10.0. The van der Waals surface area contributed by atoms with E-state index in [0.29, 0.717) is 11.0 Å². The number of rotatable bonds is 4. The van der Waals surface area contributed by atoms with E-state index < -0.39 is 11.9 Å². The molecule has 1 spiro atoms. The molecule has 1 saturated carbocycles. The van der Waals surface area contributed by atoms with Crippen LogP contribution in [0, 0.1) is 5.41 Å². The van der Waals surface area contributed by atoms with E-state index in [1.54, 1.807) is 12.3 Å². The Labute approximate surface area is 154 Å². The Morgan fingerprint density at radius 3 is 2.77 bits per heavy atom. The summed E-state index contributed by atoms with van der Waals surface area (Å²) in [7, 11) is 0. The predicted molar refractivity (Wildman–Crippen MR) is 101 cm³/mol. The van der Waals surface area contributed by atoms with Crippen molar-refractivity contribution in [2.24, 2.45) is 5.41 Å². The van der Waals surface area contributed by atoms with Crippen LogP contribution in [0.2, 0.25) is 0 Å². The summed E-state index contributed by atoms with van der Waals surface area (Å²) in [6.07, 6.45) is 4.02. The van der Waals surface area contributed by atoms with E-state index in [2.05, 4.69) is 9.88 Å². The molecule has 2 heterocycles. The maximum atomic E-state index is 13.6. The van der Waals surface area contributed by atoms with Crippen molar-refractivity contribution in [2.75, 3.05) is 18.1 Å². The Hall–Kier alpha value is -1.72. The van der Waals surface area contributed by atoms with Crippen molar-refractivity contribution in [3.05, 3.63) is 36.0 Å². The number of benzene rings is 1. The van der Waals surface area contributed by atoms with Gasteiger partial charge in [0.15, 0.2) is 6.29 Å². The number of anilines is 1. The number of aliphatic hydroxyl groups excluding tert-OH is 1. The number of nitrogens with zero attached hydrogens (tertiary/aromatic N) is 2. The van der Waals surface area contributed by atoms with E-state index in [4.69, 9.17) is 4.74 Å². The molecule has 2 aliphatic rings. The minimum atomic E-state index is -1.03. The molecular weight excluding hydrogens is 331 g/mol. The van der Waals surface area contributed by atoms with Crippen LogP contribution in [-0.2, 0) is 4.74 Å². The largest absolute Gasteiger partial charge is 0.365 e. The Bertz CT molecular complexity index is 813. The zero-order chi connectivity index (χ0) is 18.5. The fourth-order valence-corrected chi connectivity index (χ4v) is 4.09. The van der Waals surface area contributed by atoms with Gasteiger partial charge in [0.25, 0.3) is 0 Å². The molecule has 1 N–H and O–H groups in total. The average Bonchev–Trinajstić information content (AvgIpc) is 3.23. The van der Waals surface area contributed by atoms with Crippen LogP contribution < -0.4 is 4.90 Å². The molecule has 1 aromatic carbocycles. The van der Waals surface area contributed by atoms with Crippen LogP contribution in [-0.4, -0.2) is 35.0 Å². The molecule has 2 fully saturated rings. The molecule has 1 aromatic heterocycles. The normalized spacial score (nSPS) is 23.0. The molecule has 140 valence electrons. The maximum Gasteiger partial charge on any atom is 0.182 e. The quantitative estimate of drug-likeness (QED) is 0.825. The van der Waals surface area contributed by atoms with Crippen LogP contribution in [0.4, 0.5) is 10.1 Å². The highest BCUT2D eigenvalue weighted by Gasteiger charge is 2.51. The van der Waals surface area contributed by atoms with Gasteiger partial charge < -0.3 is 14.7 Å². The van der Waals surface area contributed by atoms with E-state index in [9.17, 15) is 9.50 Å². The van der Waals surface area contributed by atoms with Gasteiger partial charge in [-0.2, -0.15) is 0 Å². The van der Waals surface area contributed by atoms with Crippen LogP contribution in [0.25, 0.3) is 10.9 Å². The second-order valence-electron chi connectivity index (χ2n) is 8.82. The van der Waals surface area contributed by atoms with Crippen molar-refractivity contribution >= 4 is 16.6 Å². The number of alkyl halides is 1. The highest BCUT2D eigenvalue weighted by atomic mass is 19.1. The van der Waals surface area contributed by atoms with Crippen LogP contribution in [0.1, 0.15) is 51.9 Å². The molecule has 1 aliphatic carbocycles. The third kappa shape index (κ3) is 3.30. The summed E-state index contributed by atoms with van der Waals surface area (Å²) in [6, 6.07) is 7.73. The third-order valence-corrected chi connectivity index (χ3v) is 5.57. The first-order chi connectivity index (χ1) is 12.3. The van der Waals surface area contributed by atoms with Gasteiger partial charge in [-0.1, -0.05) is 0 Å². The molecule has 4 rings (SSSR count). The lowest BCUT2D eigenvalue weighted by molar-refractivity contribution is -0.168. The number of fused-ring (bicyclic) bond motifs is 1. The van der Waals surface area contributed by atoms with Gasteiger partial charge in [0, 0.05) is 29.4 Å². The second-order valence-corrected chi connectivity index (χ2v) is 8.82. The van der Waals surface area contributed by atoms with Crippen molar-refractivity contribution < 1.29 is 14.2 Å². The summed E-state index contributed by atoms with van der Waals surface area (Å²) < 4.78 is 19.3. The van der Waals surface area contributed by atoms with Gasteiger partial charge in [0.05, 0.1) is 17.2 Å². The summed E-state index contributed by atoms with van der Waals surface area (Å²) in [5, 5.41) is 11.4. The average molecular weight is 358 g/mol. The predicted octanol–water partition coefficient (Wildman–Crippen LogP) is 4.37. The van der Waals surface area contributed by atoms with Crippen molar-refractivity contribution in [1.82, 2.24) is 4.98 Å². The Morgan fingerprint density at radius 1 is 1.35 bits per heavy atom. The molecule has 5 heteroatoms. The Kier molecular flexibility index (Phi) is 4.20. The standard InChI is InChI=1S/C21H27FN2O2/c1-20(2,3)26-19(25)16-6-9-23-18-5-4-14(10-17(16)18)24-13-21(7-8-21)11-15(24)12-22/h4-6,9-10,15,19,25H,7-8,11-13H2,1-3H3/t15-,19?/m1/s1. The molecule has 1 aliphatic heterocycles. The molecule has 2 atom stereocenters. The number of aromatic nitrogens is 1. The van der Waals surface area contributed by atoms with Gasteiger partial charge in [-0.15, -0.1) is 0 Å². The van der Waals surface area contributed by atoms with Gasteiger partial charge >= 0.3 is 0 Å². The number of hydrogen-bond donors (Lipinski definition) is 1. The lowest BCUT2D eigenvalue weighted by Crippen LogP contribution is -2.31.